The first kappa shape index (κ1) is 18.6. The molecule has 0 unspecified atom stereocenters. The average Bonchev–Trinajstić information content (AvgIpc) is 3.21. The maximum atomic E-state index is 12.9. The van der Waals surface area contributed by atoms with Gasteiger partial charge < -0.3 is 14.4 Å². The van der Waals surface area contributed by atoms with Gasteiger partial charge in [-0.3, -0.25) is 9.59 Å². The number of hydrogen-bond acceptors (Lipinski definition) is 5. The Morgan fingerprint density at radius 1 is 1.14 bits per heavy atom. The lowest BCUT2D eigenvalue weighted by molar-refractivity contribution is 0.0934. The minimum atomic E-state index is -0.517. The second-order valence-corrected chi connectivity index (χ2v) is 6.99. The highest BCUT2D eigenvalue weighted by molar-refractivity contribution is 6.06. The second-order valence-electron chi connectivity index (χ2n) is 6.99. The van der Waals surface area contributed by atoms with Gasteiger partial charge >= 0.3 is 0 Å². The van der Waals surface area contributed by atoms with Crippen LogP contribution < -0.4 is 10.9 Å². The highest BCUT2D eigenvalue weighted by Crippen LogP contribution is 2.21. The molecule has 0 spiro atoms. The standard InChI is InChI=1S/C22H20N4O3/c1-13-7-6-8-15(11-13)20-24-22(29-25-20)14(2)23-21(28)17-12-19(27)26(3)18-10-5-4-9-16(17)18/h4-12,14H,1-3H3,(H,23,28)/t14-/m0/s1. The highest BCUT2D eigenvalue weighted by Gasteiger charge is 2.20. The topological polar surface area (TPSA) is 90.0 Å². The van der Waals surface area contributed by atoms with Gasteiger partial charge in [-0.25, -0.2) is 0 Å². The van der Waals surface area contributed by atoms with Gasteiger partial charge in [0.05, 0.1) is 11.1 Å². The van der Waals surface area contributed by atoms with Gasteiger partial charge in [0.15, 0.2) is 0 Å². The van der Waals surface area contributed by atoms with Gasteiger partial charge in [-0.2, -0.15) is 4.98 Å². The summed E-state index contributed by atoms with van der Waals surface area (Å²) in [7, 11) is 1.68. The molecule has 4 aromatic rings. The zero-order valence-electron chi connectivity index (χ0n) is 16.3. The van der Waals surface area contributed by atoms with Crippen molar-refractivity contribution in [1.29, 1.82) is 0 Å². The summed E-state index contributed by atoms with van der Waals surface area (Å²) in [6, 6.07) is 15.9. The van der Waals surface area contributed by atoms with E-state index in [1.807, 2.05) is 55.5 Å². The Hall–Kier alpha value is -3.74. The molecule has 29 heavy (non-hydrogen) atoms. The molecule has 2 heterocycles. The van der Waals surface area contributed by atoms with E-state index >= 15 is 0 Å². The highest BCUT2D eigenvalue weighted by atomic mass is 16.5. The SMILES string of the molecule is Cc1cccc(-c2noc([C@H](C)NC(=O)c3cc(=O)n(C)c4ccccc34)n2)c1. The Kier molecular flexibility index (Phi) is 4.72. The first-order chi connectivity index (χ1) is 13.9. The van der Waals surface area contributed by atoms with Crippen molar-refractivity contribution in [3.05, 3.63) is 82.0 Å². The zero-order valence-corrected chi connectivity index (χ0v) is 16.3. The van der Waals surface area contributed by atoms with Gasteiger partial charge in [-0.1, -0.05) is 47.1 Å². The normalized spacial score (nSPS) is 12.1. The van der Waals surface area contributed by atoms with Crippen LogP contribution in [0, 0.1) is 6.92 Å². The smallest absolute Gasteiger partial charge is 0.252 e. The number of carbonyl (C=O) groups excluding carboxylic acids is 1. The molecule has 0 saturated carbocycles. The first-order valence-corrected chi connectivity index (χ1v) is 9.24. The summed E-state index contributed by atoms with van der Waals surface area (Å²) >= 11 is 0. The molecule has 7 heteroatoms. The summed E-state index contributed by atoms with van der Waals surface area (Å²) in [5, 5.41) is 7.56. The van der Waals surface area contributed by atoms with E-state index in [-0.39, 0.29) is 11.5 Å². The summed E-state index contributed by atoms with van der Waals surface area (Å²) in [4.78, 5) is 29.5. The van der Waals surface area contributed by atoms with E-state index in [1.165, 1.54) is 10.6 Å². The van der Waals surface area contributed by atoms with E-state index in [2.05, 4.69) is 15.5 Å². The molecule has 0 saturated heterocycles. The van der Waals surface area contributed by atoms with Gasteiger partial charge in [0.1, 0.15) is 6.04 Å². The summed E-state index contributed by atoms with van der Waals surface area (Å²) < 4.78 is 6.86. The molecule has 4 rings (SSSR count). The molecule has 1 N–H and O–H groups in total. The summed E-state index contributed by atoms with van der Waals surface area (Å²) in [5.41, 5.74) is 2.69. The van der Waals surface area contributed by atoms with Gasteiger partial charge in [-0.15, -0.1) is 0 Å². The molecule has 0 fully saturated rings. The van der Waals surface area contributed by atoms with Crippen molar-refractivity contribution in [2.45, 2.75) is 19.9 Å². The van der Waals surface area contributed by atoms with Crippen LogP contribution in [0.1, 0.15) is 34.8 Å². The molecule has 2 aromatic carbocycles. The number of nitrogens with one attached hydrogen (secondary N) is 1. The van der Waals surface area contributed by atoms with E-state index < -0.39 is 6.04 Å². The molecule has 2 aromatic heterocycles. The third kappa shape index (κ3) is 3.54. The molecule has 0 aliphatic rings. The van der Waals surface area contributed by atoms with Crippen LogP contribution in [0.2, 0.25) is 0 Å². The lowest BCUT2D eigenvalue weighted by atomic mass is 10.1. The molecule has 0 aliphatic carbocycles. The van der Waals surface area contributed by atoms with E-state index in [1.54, 1.807) is 14.0 Å². The maximum Gasteiger partial charge on any atom is 0.252 e. The predicted octanol–water partition coefficient (Wildman–Crippen LogP) is 3.39. The van der Waals surface area contributed by atoms with Crippen molar-refractivity contribution >= 4 is 16.8 Å². The monoisotopic (exact) mass is 388 g/mol. The molecule has 146 valence electrons. The Balaban J connectivity index is 1.61. The number of aromatic nitrogens is 3. The van der Waals surface area contributed by atoms with Crippen LogP contribution in [-0.4, -0.2) is 20.6 Å². The van der Waals surface area contributed by atoms with Crippen molar-refractivity contribution < 1.29 is 9.32 Å². The van der Waals surface area contributed by atoms with Crippen molar-refractivity contribution in [3.63, 3.8) is 0 Å². The number of fused-ring (bicyclic) bond motifs is 1. The van der Waals surface area contributed by atoms with Crippen LogP contribution in [0.25, 0.3) is 22.3 Å². The van der Waals surface area contributed by atoms with Crippen LogP contribution in [0.3, 0.4) is 0 Å². The van der Waals surface area contributed by atoms with Crippen LogP contribution in [0.5, 0.6) is 0 Å². The van der Waals surface area contributed by atoms with Crippen LogP contribution in [-0.2, 0) is 7.05 Å². The summed E-state index contributed by atoms with van der Waals surface area (Å²) in [5.74, 6) is 0.383. The molecule has 0 bridgehead atoms. The third-order valence-electron chi connectivity index (χ3n) is 4.83. The van der Waals surface area contributed by atoms with Crippen LogP contribution in [0.4, 0.5) is 0 Å². The number of benzene rings is 2. The first-order valence-electron chi connectivity index (χ1n) is 9.24. The number of amides is 1. The molecule has 7 nitrogen and oxygen atoms in total. The number of pyridine rings is 1. The van der Waals surface area contributed by atoms with E-state index in [4.69, 9.17) is 4.52 Å². The number of para-hydroxylation sites is 1. The number of rotatable bonds is 4. The summed E-state index contributed by atoms with van der Waals surface area (Å²) in [6.07, 6.45) is 0. The number of carbonyl (C=O) groups is 1. The molecular weight excluding hydrogens is 368 g/mol. The minimum Gasteiger partial charge on any atom is -0.340 e. The quantitative estimate of drug-likeness (QED) is 0.579. The molecule has 1 atom stereocenters. The largest absolute Gasteiger partial charge is 0.340 e. The molecule has 1 amide bonds. The van der Waals surface area contributed by atoms with Crippen LogP contribution >= 0.6 is 0 Å². The Morgan fingerprint density at radius 3 is 2.72 bits per heavy atom. The van der Waals surface area contributed by atoms with Gasteiger partial charge in [-0.05, 0) is 26.0 Å². The lowest BCUT2D eigenvalue weighted by Crippen LogP contribution is -2.29. The van der Waals surface area contributed by atoms with E-state index in [0.29, 0.717) is 28.2 Å². The van der Waals surface area contributed by atoms with Crippen molar-refractivity contribution in [2.75, 3.05) is 0 Å². The van der Waals surface area contributed by atoms with Gasteiger partial charge in [0, 0.05) is 24.1 Å². The van der Waals surface area contributed by atoms with Gasteiger partial charge in [0.2, 0.25) is 11.7 Å². The molecule has 0 radical (unpaired) electrons. The van der Waals surface area contributed by atoms with E-state index in [9.17, 15) is 9.59 Å². The summed E-state index contributed by atoms with van der Waals surface area (Å²) in [6.45, 7) is 3.75. The maximum absolute atomic E-state index is 12.9. The van der Waals surface area contributed by atoms with Crippen molar-refractivity contribution in [3.8, 4) is 11.4 Å². The fourth-order valence-electron chi connectivity index (χ4n) is 3.25. The Bertz CT molecular complexity index is 1270. The number of nitrogens with zero attached hydrogens (tertiary/aromatic N) is 3. The van der Waals surface area contributed by atoms with Gasteiger partial charge in [0.25, 0.3) is 11.5 Å². The number of hydrogen-bond donors (Lipinski definition) is 1. The Labute approximate surface area is 167 Å². The predicted molar refractivity (Wildman–Crippen MR) is 110 cm³/mol. The Morgan fingerprint density at radius 2 is 1.93 bits per heavy atom. The van der Waals surface area contributed by atoms with E-state index in [0.717, 1.165) is 11.1 Å². The average molecular weight is 388 g/mol. The second kappa shape index (κ2) is 7.35. The zero-order chi connectivity index (χ0) is 20.5. The fraction of sp³-hybridized carbons (Fsp3) is 0.182. The molecule has 0 aliphatic heterocycles. The fourth-order valence-corrected chi connectivity index (χ4v) is 3.25. The number of aryl methyl sites for hydroxylation is 2. The molecular formula is C22H20N4O3. The van der Waals surface area contributed by atoms with Crippen molar-refractivity contribution in [1.82, 2.24) is 20.0 Å². The third-order valence-corrected chi connectivity index (χ3v) is 4.83. The van der Waals surface area contributed by atoms with Crippen molar-refractivity contribution in [2.24, 2.45) is 7.05 Å². The lowest BCUT2D eigenvalue weighted by Gasteiger charge is -2.13. The minimum absolute atomic E-state index is 0.249. The van der Waals surface area contributed by atoms with Crippen LogP contribution in [0.15, 0.2) is 63.9 Å².